The van der Waals surface area contributed by atoms with Gasteiger partial charge < -0.3 is 54.7 Å². The number of hydrogen-bond donors (Lipinski definition) is 7. The van der Waals surface area contributed by atoms with Crippen LogP contribution in [0, 0.1) is 11.3 Å². The molecule has 162 valence electrons. The van der Waals surface area contributed by atoms with Gasteiger partial charge in [-0.2, -0.15) is 5.26 Å². The molecule has 12 heteroatoms. The monoisotopic (exact) mass is 409 g/mol. The van der Waals surface area contributed by atoms with E-state index in [9.17, 15) is 35.7 Å². The Morgan fingerprint density at radius 2 is 1.32 bits per heavy atom. The van der Waals surface area contributed by atoms with Crippen LogP contribution < -0.4 is 0 Å². The molecule has 0 radical (unpaired) electrons. The Morgan fingerprint density at radius 3 is 1.82 bits per heavy atom. The molecule has 0 aromatic rings. The summed E-state index contributed by atoms with van der Waals surface area (Å²) in [4.78, 5) is 0. The third-order valence-corrected chi connectivity index (χ3v) is 4.64. The summed E-state index contributed by atoms with van der Waals surface area (Å²) in [6, 6.07) is 1.86. The summed E-state index contributed by atoms with van der Waals surface area (Å²) in [5, 5.41) is 78.0. The molecule has 0 amide bonds. The van der Waals surface area contributed by atoms with Crippen LogP contribution in [0.15, 0.2) is 0 Å². The lowest BCUT2D eigenvalue weighted by Gasteiger charge is -2.46. The van der Waals surface area contributed by atoms with Crippen molar-refractivity contribution < 1.29 is 54.7 Å². The molecule has 0 aromatic carbocycles. The number of nitriles is 1. The maximum absolute atomic E-state index is 10.4. The minimum Gasteiger partial charge on any atom is -0.394 e. The highest BCUT2D eigenvalue weighted by Gasteiger charge is 2.51. The maximum atomic E-state index is 10.4. The molecule has 2 aliphatic heterocycles. The molecule has 2 fully saturated rings. The van der Waals surface area contributed by atoms with Gasteiger partial charge in [-0.1, -0.05) is 0 Å². The predicted molar refractivity (Wildman–Crippen MR) is 87.2 cm³/mol. The number of aliphatic hydroxyl groups is 7. The average molecular weight is 409 g/mol. The first-order chi connectivity index (χ1) is 13.1. The highest BCUT2D eigenvalue weighted by molar-refractivity contribution is 4.98. The van der Waals surface area contributed by atoms with Crippen LogP contribution in [0.5, 0.6) is 0 Å². The fourth-order valence-electron chi connectivity index (χ4n) is 2.95. The summed E-state index contributed by atoms with van der Waals surface area (Å²) in [5.41, 5.74) is -1.40. The van der Waals surface area contributed by atoms with Crippen molar-refractivity contribution in [2.75, 3.05) is 13.2 Å². The van der Waals surface area contributed by atoms with Crippen LogP contribution in [0.3, 0.4) is 0 Å². The molecule has 0 saturated carbocycles. The van der Waals surface area contributed by atoms with E-state index in [1.165, 1.54) is 13.8 Å². The molecule has 2 saturated heterocycles. The third-order valence-electron chi connectivity index (χ3n) is 4.64. The van der Waals surface area contributed by atoms with Crippen LogP contribution in [-0.2, 0) is 18.9 Å². The summed E-state index contributed by atoms with van der Waals surface area (Å²) >= 11 is 0. The van der Waals surface area contributed by atoms with Gasteiger partial charge in [-0.3, -0.25) is 0 Å². The zero-order chi connectivity index (χ0) is 21.2. The lowest BCUT2D eigenvalue weighted by Crippen LogP contribution is -2.65. The second-order valence-corrected chi connectivity index (χ2v) is 7.24. The minimum absolute atomic E-state index is 0.655. The largest absolute Gasteiger partial charge is 0.394 e. The Labute approximate surface area is 161 Å². The van der Waals surface area contributed by atoms with Gasteiger partial charge in [-0.25, -0.2) is 0 Å². The van der Waals surface area contributed by atoms with Gasteiger partial charge in [0, 0.05) is 0 Å². The molecule has 0 spiro atoms. The zero-order valence-corrected chi connectivity index (χ0v) is 15.4. The lowest BCUT2D eigenvalue weighted by atomic mass is 9.97. The van der Waals surface area contributed by atoms with E-state index in [1.54, 1.807) is 0 Å². The van der Waals surface area contributed by atoms with E-state index < -0.39 is 80.2 Å². The molecule has 0 aromatic heterocycles. The molecule has 2 rings (SSSR count). The highest BCUT2D eigenvalue weighted by Crippen LogP contribution is 2.31. The van der Waals surface area contributed by atoms with Crippen molar-refractivity contribution in [2.45, 2.75) is 80.9 Å². The first kappa shape index (κ1) is 23.3. The highest BCUT2D eigenvalue weighted by atomic mass is 16.8. The molecule has 10 atom stereocenters. The predicted octanol–water partition coefficient (Wildman–Crippen LogP) is -4.07. The normalized spacial score (nSPS) is 44.9. The first-order valence-corrected chi connectivity index (χ1v) is 8.73. The second-order valence-electron chi connectivity index (χ2n) is 7.24. The number of ether oxygens (including phenoxy) is 4. The Hall–Kier alpha value is -0.950. The van der Waals surface area contributed by atoms with Crippen LogP contribution in [0.4, 0.5) is 0 Å². The Balaban J connectivity index is 2.24. The van der Waals surface area contributed by atoms with Gasteiger partial charge >= 0.3 is 0 Å². The Morgan fingerprint density at radius 1 is 0.821 bits per heavy atom. The van der Waals surface area contributed by atoms with E-state index in [0.717, 1.165) is 0 Å². The topological polar surface area (TPSA) is 202 Å². The molecule has 0 bridgehead atoms. The standard InChI is InChI=1S/C16H27NO11/c1-16(2,5-17)28-15-13(11(23)9(21)7(4-19)26-15)27-14-12(24)10(22)8(20)6(3-18)25-14/h6-15,18-24H,3-4H2,1-2H3/t6-,7-,8+,9+,10+,11+,12+,13+,14+,15-/m0/s1. The maximum Gasteiger partial charge on any atom is 0.189 e. The molecule has 28 heavy (non-hydrogen) atoms. The van der Waals surface area contributed by atoms with Crippen LogP contribution in [0.2, 0.25) is 0 Å². The van der Waals surface area contributed by atoms with Crippen LogP contribution >= 0.6 is 0 Å². The minimum atomic E-state index is -1.76. The number of hydrogen-bond acceptors (Lipinski definition) is 12. The first-order valence-electron chi connectivity index (χ1n) is 8.73. The Bertz CT molecular complexity index is 553. The summed E-state index contributed by atoms with van der Waals surface area (Å²) in [5.74, 6) is 0. The average Bonchev–Trinajstić information content (AvgIpc) is 2.67. The van der Waals surface area contributed by atoms with Crippen molar-refractivity contribution >= 4 is 0 Å². The van der Waals surface area contributed by atoms with Crippen LogP contribution in [0.1, 0.15) is 13.8 Å². The summed E-state index contributed by atoms with van der Waals surface area (Å²) in [6.07, 6.45) is -15.5. The van der Waals surface area contributed by atoms with Crippen molar-refractivity contribution in [3.8, 4) is 6.07 Å². The number of nitrogens with zero attached hydrogens (tertiary/aromatic N) is 1. The van der Waals surface area contributed by atoms with Crippen molar-refractivity contribution in [2.24, 2.45) is 0 Å². The third kappa shape index (κ3) is 4.78. The van der Waals surface area contributed by atoms with Gasteiger partial charge in [-0.15, -0.1) is 0 Å². The summed E-state index contributed by atoms with van der Waals surface area (Å²) in [7, 11) is 0. The molecule has 2 aliphatic rings. The van der Waals surface area contributed by atoms with Crippen molar-refractivity contribution in [1.82, 2.24) is 0 Å². The summed E-state index contributed by atoms with van der Waals surface area (Å²) < 4.78 is 21.6. The van der Waals surface area contributed by atoms with Gasteiger partial charge in [-0.05, 0) is 13.8 Å². The van der Waals surface area contributed by atoms with E-state index in [4.69, 9.17) is 24.2 Å². The number of aliphatic hydroxyl groups excluding tert-OH is 7. The van der Waals surface area contributed by atoms with Crippen LogP contribution in [-0.4, -0.2) is 116 Å². The molecular weight excluding hydrogens is 382 g/mol. The molecule has 7 N–H and O–H groups in total. The molecular formula is C16H27NO11. The quantitative estimate of drug-likeness (QED) is 0.224. The van der Waals surface area contributed by atoms with Crippen molar-refractivity contribution in [3.63, 3.8) is 0 Å². The summed E-state index contributed by atoms with van der Waals surface area (Å²) in [6.45, 7) is 1.47. The van der Waals surface area contributed by atoms with Gasteiger partial charge in [0.25, 0.3) is 0 Å². The van der Waals surface area contributed by atoms with Gasteiger partial charge in [0.05, 0.1) is 19.3 Å². The van der Waals surface area contributed by atoms with Gasteiger partial charge in [0.2, 0.25) is 0 Å². The van der Waals surface area contributed by atoms with Crippen molar-refractivity contribution in [3.05, 3.63) is 0 Å². The fourth-order valence-corrected chi connectivity index (χ4v) is 2.95. The van der Waals surface area contributed by atoms with E-state index in [1.807, 2.05) is 6.07 Å². The SMILES string of the molecule is CC(C)(C#N)O[C@@H]1O[C@@H](CO)[C@@H](O)[C@@H](O)[C@H]1O[C@H]1O[C@@H](CO)[C@@H](O)[C@@H](O)[C@H]1O. The molecule has 0 unspecified atom stereocenters. The van der Waals surface area contributed by atoms with E-state index in [-0.39, 0.29) is 0 Å². The van der Waals surface area contributed by atoms with Gasteiger partial charge in [0.15, 0.2) is 18.2 Å². The lowest BCUT2D eigenvalue weighted by molar-refractivity contribution is -0.374. The van der Waals surface area contributed by atoms with Crippen LogP contribution in [0.25, 0.3) is 0 Å². The molecule has 12 nitrogen and oxygen atoms in total. The Kier molecular flexibility index (Phi) is 7.70. The van der Waals surface area contributed by atoms with E-state index in [0.29, 0.717) is 0 Å². The van der Waals surface area contributed by atoms with E-state index in [2.05, 4.69) is 0 Å². The molecule has 0 aliphatic carbocycles. The zero-order valence-electron chi connectivity index (χ0n) is 15.4. The van der Waals surface area contributed by atoms with Crippen molar-refractivity contribution in [1.29, 1.82) is 5.26 Å². The van der Waals surface area contributed by atoms with E-state index >= 15 is 0 Å². The number of rotatable bonds is 6. The smallest absolute Gasteiger partial charge is 0.189 e. The molecule has 2 heterocycles. The fraction of sp³-hybridized carbons (Fsp3) is 0.938. The second kappa shape index (κ2) is 9.24. The van der Waals surface area contributed by atoms with Gasteiger partial charge in [0.1, 0.15) is 48.8 Å².